The lowest BCUT2D eigenvalue weighted by Gasteiger charge is -2.10. The fourth-order valence-corrected chi connectivity index (χ4v) is 3.22. The molecule has 7 heteroatoms. The summed E-state index contributed by atoms with van der Waals surface area (Å²) in [6.45, 7) is 4.36. The van der Waals surface area contributed by atoms with Crippen molar-refractivity contribution in [2.24, 2.45) is 12.2 Å². The van der Waals surface area contributed by atoms with E-state index in [1.54, 1.807) is 18.3 Å². The second-order valence-electron chi connectivity index (χ2n) is 7.31. The predicted octanol–water partition coefficient (Wildman–Crippen LogP) is 5.44. The Morgan fingerprint density at radius 1 is 1.10 bits per heavy atom. The Morgan fingerprint density at radius 3 is 2.73 bits per heavy atom. The average molecular weight is 401 g/mol. The van der Waals surface area contributed by atoms with Gasteiger partial charge in [0.25, 0.3) is 0 Å². The Labute approximate surface area is 174 Å². The number of aryl methyl sites for hydroxylation is 1. The van der Waals surface area contributed by atoms with Gasteiger partial charge >= 0.3 is 0 Å². The number of ether oxygens (including phenoxy) is 1. The van der Waals surface area contributed by atoms with Crippen LogP contribution in [0.15, 0.2) is 65.9 Å². The van der Waals surface area contributed by atoms with E-state index in [9.17, 15) is 0 Å². The number of imidazole rings is 1. The van der Waals surface area contributed by atoms with E-state index < -0.39 is 0 Å². The Morgan fingerprint density at radius 2 is 1.93 bits per heavy atom. The molecule has 0 fully saturated rings. The van der Waals surface area contributed by atoms with Gasteiger partial charge in [-0.05, 0) is 41.8 Å². The summed E-state index contributed by atoms with van der Waals surface area (Å²) in [5.41, 5.74) is 4.60. The van der Waals surface area contributed by atoms with Crippen molar-refractivity contribution in [3.8, 4) is 11.5 Å². The van der Waals surface area contributed by atoms with Crippen molar-refractivity contribution >= 4 is 28.9 Å². The summed E-state index contributed by atoms with van der Waals surface area (Å²) < 4.78 is 7.95. The Hall–Kier alpha value is -3.87. The summed E-state index contributed by atoms with van der Waals surface area (Å²) >= 11 is 0. The van der Waals surface area contributed by atoms with Gasteiger partial charge in [0.15, 0.2) is 0 Å². The molecule has 4 aromatic rings. The molecule has 2 N–H and O–H groups in total. The molecule has 0 aliphatic heterocycles. The zero-order valence-electron chi connectivity index (χ0n) is 17.1. The lowest BCUT2D eigenvalue weighted by molar-refractivity contribution is 0.321. The van der Waals surface area contributed by atoms with E-state index in [-0.39, 0.29) is 0 Å². The lowest BCUT2D eigenvalue weighted by Crippen LogP contribution is -1.99. The third kappa shape index (κ3) is 4.10. The number of nitrogens with one attached hydrogen (secondary N) is 1. The molecule has 0 unspecified atom stereocenters. The number of nitrogens with zero attached hydrogens (tertiary/aromatic N) is 4. The Kier molecular flexibility index (Phi) is 5.34. The van der Waals surface area contributed by atoms with Gasteiger partial charge in [-0.25, -0.2) is 4.98 Å². The molecule has 152 valence electrons. The van der Waals surface area contributed by atoms with Gasteiger partial charge in [0.1, 0.15) is 11.5 Å². The van der Waals surface area contributed by atoms with Crippen LogP contribution >= 0.6 is 0 Å². The minimum Gasteiger partial charge on any atom is -0.457 e. The molecule has 4 rings (SSSR count). The number of anilines is 2. The third-order valence-electron chi connectivity index (χ3n) is 4.84. The predicted molar refractivity (Wildman–Crippen MR) is 118 cm³/mol. The second-order valence-corrected chi connectivity index (χ2v) is 7.31. The van der Waals surface area contributed by atoms with Gasteiger partial charge < -0.3 is 19.8 Å². The maximum atomic E-state index is 8.67. The zero-order chi connectivity index (χ0) is 21.1. The maximum absolute atomic E-state index is 8.67. The van der Waals surface area contributed by atoms with Crippen LogP contribution in [0.2, 0.25) is 0 Å². The average Bonchev–Trinajstić information content (AvgIpc) is 3.03. The summed E-state index contributed by atoms with van der Waals surface area (Å²) in [5, 5.41) is 15.1. The molecular weight excluding hydrogens is 378 g/mol. The number of benzene rings is 2. The van der Waals surface area contributed by atoms with Crippen molar-refractivity contribution in [3.05, 3.63) is 72.1 Å². The molecule has 0 saturated heterocycles. The molecular formula is C23H23N5O2. The number of rotatable bonds is 6. The van der Waals surface area contributed by atoms with Crippen LogP contribution in [0.3, 0.4) is 0 Å². The summed E-state index contributed by atoms with van der Waals surface area (Å²) in [6, 6.07) is 17.6. The second kappa shape index (κ2) is 8.24. The molecule has 0 radical (unpaired) electrons. The van der Waals surface area contributed by atoms with Crippen LogP contribution in [0.25, 0.3) is 11.0 Å². The topological polar surface area (TPSA) is 84.6 Å². The summed E-state index contributed by atoms with van der Waals surface area (Å²) in [5.74, 6) is 2.48. The molecule has 2 aromatic carbocycles. The molecule has 2 heterocycles. The molecule has 0 saturated carbocycles. The van der Waals surface area contributed by atoms with E-state index in [0.717, 1.165) is 22.7 Å². The highest BCUT2D eigenvalue weighted by Gasteiger charge is 2.10. The highest BCUT2D eigenvalue weighted by Crippen LogP contribution is 2.28. The SMILES string of the molecule is CC(C)c1cccc(Nc2nc3cc(Oc4ccnc(/C=N/O)c4)ccc3n2C)c1. The van der Waals surface area contributed by atoms with E-state index in [1.165, 1.54) is 11.8 Å². The van der Waals surface area contributed by atoms with Crippen LogP contribution in [0.5, 0.6) is 11.5 Å². The van der Waals surface area contributed by atoms with Crippen molar-refractivity contribution in [1.82, 2.24) is 14.5 Å². The van der Waals surface area contributed by atoms with Crippen LogP contribution in [0.4, 0.5) is 11.6 Å². The normalized spacial score (nSPS) is 11.5. The van der Waals surface area contributed by atoms with Gasteiger partial charge in [-0.2, -0.15) is 0 Å². The van der Waals surface area contributed by atoms with Gasteiger partial charge in [-0.1, -0.05) is 31.1 Å². The number of oxime groups is 1. The highest BCUT2D eigenvalue weighted by atomic mass is 16.5. The van der Waals surface area contributed by atoms with Crippen LogP contribution in [0.1, 0.15) is 31.0 Å². The van der Waals surface area contributed by atoms with Gasteiger partial charge in [0.05, 0.1) is 22.9 Å². The Bertz CT molecular complexity index is 1210. The highest BCUT2D eigenvalue weighted by molar-refractivity contribution is 5.81. The lowest BCUT2D eigenvalue weighted by atomic mass is 10.0. The summed E-state index contributed by atoms with van der Waals surface area (Å²) in [4.78, 5) is 8.82. The van der Waals surface area contributed by atoms with Crippen LogP contribution in [-0.2, 0) is 7.05 Å². The summed E-state index contributed by atoms with van der Waals surface area (Å²) in [7, 11) is 1.98. The first-order valence-corrected chi connectivity index (χ1v) is 9.68. The van der Waals surface area contributed by atoms with Crippen LogP contribution < -0.4 is 10.1 Å². The van der Waals surface area contributed by atoms with E-state index in [4.69, 9.17) is 14.9 Å². The number of hydrogen-bond acceptors (Lipinski definition) is 6. The molecule has 0 bridgehead atoms. The number of hydrogen-bond donors (Lipinski definition) is 2. The standard InChI is InChI=1S/C23H23N5O2/c1-15(2)16-5-4-6-17(11-16)26-23-27-21-13-19(7-8-22(21)28(23)3)30-20-9-10-24-18(12-20)14-25-29/h4-15,29H,1-3H3,(H,26,27)/b25-14+. The fourth-order valence-electron chi connectivity index (χ4n) is 3.22. The maximum Gasteiger partial charge on any atom is 0.208 e. The first kappa shape index (κ1) is 19.4. The van der Waals surface area contributed by atoms with Gasteiger partial charge in [-0.3, -0.25) is 4.98 Å². The van der Waals surface area contributed by atoms with Gasteiger partial charge in [0, 0.05) is 31.1 Å². The number of aromatic nitrogens is 3. The van der Waals surface area contributed by atoms with Crippen molar-refractivity contribution < 1.29 is 9.94 Å². The van der Waals surface area contributed by atoms with Crippen LogP contribution in [-0.4, -0.2) is 26.0 Å². The molecule has 0 spiro atoms. The minimum absolute atomic E-state index is 0.462. The monoisotopic (exact) mass is 401 g/mol. The van der Waals surface area contributed by atoms with E-state index in [0.29, 0.717) is 23.1 Å². The zero-order valence-corrected chi connectivity index (χ0v) is 17.1. The first-order valence-electron chi connectivity index (χ1n) is 9.68. The third-order valence-corrected chi connectivity index (χ3v) is 4.84. The van der Waals surface area contributed by atoms with E-state index in [1.807, 2.05) is 35.9 Å². The largest absolute Gasteiger partial charge is 0.457 e. The number of fused-ring (bicyclic) bond motifs is 1. The summed E-state index contributed by atoms with van der Waals surface area (Å²) in [6.07, 6.45) is 2.85. The van der Waals surface area contributed by atoms with Crippen molar-refractivity contribution in [3.63, 3.8) is 0 Å². The molecule has 0 amide bonds. The molecule has 7 nitrogen and oxygen atoms in total. The van der Waals surface area contributed by atoms with Crippen molar-refractivity contribution in [2.75, 3.05) is 5.32 Å². The van der Waals surface area contributed by atoms with E-state index in [2.05, 4.69) is 47.5 Å². The molecule has 0 atom stereocenters. The van der Waals surface area contributed by atoms with Gasteiger partial charge in [-0.15, -0.1) is 0 Å². The van der Waals surface area contributed by atoms with Crippen molar-refractivity contribution in [1.29, 1.82) is 0 Å². The van der Waals surface area contributed by atoms with Crippen LogP contribution in [0, 0.1) is 0 Å². The molecule has 0 aliphatic rings. The molecule has 0 aliphatic carbocycles. The van der Waals surface area contributed by atoms with E-state index >= 15 is 0 Å². The van der Waals surface area contributed by atoms with Crippen molar-refractivity contribution in [2.45, 2.75) is 19.8 Å². The minimum atomic E-state index is 0.462. The Balaban J connectivity index is 1.60. The quantitative estimate of drug-likeness (QED) is 0.255. The van der Waals surface area contributed by atoms with Gasteiger partial charge in [0.2, 0.25) is 5.95 Å². The molecule has 2 aromatic heterocycles. The molecule has 30 heavy (non-hydrogen) atoms. The fraction of sp³-hybridized carbons (Fsp3) is 0.174. The first-order chi connectivity index (χ1) is 14.5. The smallest absolute Gasteiger partial charge is 0.208 e. The number of pyridine rings is 1.